The summed E-state index contributed by atoms with van der Waals surface area (Å²) in [5, 5.41) is 7.21. The van der Waals surface area contributed by atoms with E-state index in [0.717, 1.165) is 30.7 Å². The third-order valence-electron chi connectivity index (χ3n) is 3.89. The fraction of sp³-hybridized carbons (Fsp3) is 0.294. The average Bonchev–Trinajstić information content (AvgIpc) is 2.55. The highest BCUT2D eigenvalue weighted by Crippen LogP contribution is 2.32. The molecule has 1 heterocycles. The molecule has 5 heteroatoms. The molecule has 1 aliphatic rings. The van der Waals surface area contributed by atoms with Gasteiger partial charge in [0.25, 0.3) is 0 Å². The normalized spacial score (nSPS) is 16.5. The molecule has 0 saturated heterocycles. The first kappa shape index (κ1) is 14.8. The molecule has 1 aromatic carbocycles. The van der Waals surface area contributed by atoms with Crippen LogP contribution in [-0.4, -0.2) is 17.2 Å². The minimum absolute atomic E-state index is 0.242. The zero-order valence-electron chi connectivity index (χ0n) is 12.5. The molecule has 0 saturated carbocycles. The Morgan fingerprint density at radius 2 is 2.27 bits per heavy atom. The highest BCUT2D eigenvalue weighted by molar-refractivity contribution is 7.80. The standard InChI is InChI=1S/C17H19N3OS/c1-21-14-7-8-15-12(10-14)4-2-6-16(15)20-17(22)19-13-5-3-9-18-11-13/h3,5,7-11,16H,2,4,6H2,1H3,(H2,19,20,22). The van der Waals surface area contributed by atoms with Gasteiger partial charge in [-0.2, -0.15) is 0 Å². The maximum absolute atomic E-state index is 5.42. The number of benzene rings is 1. The van der Waals surface area contributed by atoms with E-state index >= 15 is 0 Å². The van der Waals surface area contributed by atoms with Crippen LogP contribution in [0.1, 0.15) is 30.0 Å². The minimum atomic E-state index is 0.242. The Morgan fingerprint density at radius 3 is 3.05 bits per heavy atom. The van der Waals surface area contributed by atoms with Gasteiger partial charge in [0, 0.05) is 6.20 Å². The van der Waals surface area contributed by atoms with Crippen molar-refractivity contribution in [3.8, 4) is 5.75 Å². The van der Waals surface area contributed by atoms with Gasteiger partial charge >= 0.3 is 0 Å². The van der Waals surface area contributed by atoms with Crippen LogP contribution in [0.4, 0.5) is 5.69 Å². The van der Waals surface area contributed by atoms with Gasteiger partial charge in [-0.1, -0.05) is 6.07 Å². The third-order valence-corrected chi connectivity index (χ3v) is 4.11. The molecule has 2 N–H and O–H groups in total. The molecular weight excluding hydrogens is 294 g/mol. The molecule has 4 nitrogen and oxygen atoms in total. The molecule has 2 aromatic rings. The summed E-state index contributed by atoms with van der Waals surface area (Å²) in [6.07, 6.45) is 6.81. The van der Waals surface area contributed by atoms with Crippen molar-refractivity contribution in [1.29, 1.82) is 0 Å². The quantitative estimate of drug-likeness (QED) is 0.850. The van der Waals surface area contributed by atoms with Crippen molar-refractivity contribution < 1.29 is 4.74 Å². The minimum Gasteiger partial charge on any atom is -0.497 e. The molecule has 0 aliphatic heterocycles. The van der Waals surface area contributed by atoms with E-state index < -0.39 is 0 Å². The molecule has 3 rings (SSSR count). The van der Waals surface area contributed by atoms with Crippen molar-refractivity contribution in [3.05, 3.63) is 53.9 Å². The van der Waals surface area contributed by atoms with Gasteiger partial charge in [0.05, 0.1) is 25.0 Å². The summed E-state index contributed by atoms with van der Waals surface area (Å²) >= 11 is 5.42. The second kappa shape index (κ2) is 6.75. The summed E-state index contributed by atoms with van der Waals surface area (Å²) in [6.45, 7) is 0. The number of fused-ring (bicyclic) bond motifs is 1. The first-order valence-corrected chi connectivity index (χ1v) is 7.81. The molecule has 1 atom stereocenters. The Balaban J connectivity index is 1.70. The lowest BCUT2D eigenvalue weighted by Gasteiger charge is -2.28. The van der Waals surface area contributed by atoms with Crippen molar-refractivity contribution >= 4 is 23.0 Å². The molecule has 0 fully saturated rings. The lowest BCUT2D eigenvalue weighted by Crippen LogP contribution is -2.34. The van der Waals surface area contributed by atoms with Crippen LogP contribution in [0.5, 0.6) is 5.75 Å². The number of ether oxygens (including phenoxy) is 1. The number of hydrogen-bond donors (Lipinski definition) is 2. The van der Waals surface area contributed by atoms with E-state index in [4.69, 9.17) is 17.0 Å². The van der Waals surface area contributed by atoms with Crippen LogP contribution < -0.4 is 15.4 Å². The van der Waals surface area contributed by atoms with Gasteiger partial charge in [0.15, 0.2) is 5.11 Å². The average molecular weight is 313 g/mol. The van der Waals surface area contributed by atoms with Gasteiger partial charge in [0.1, 0.15) is 5.75 Å². The largest absolute Gasteiger partial charge is 0.497 e. The highest BCUT2D eigenvalue weighted by Gasteiger charge is 2.21. The topological polar surface area (TPSA) is 46.2 Å². The van der Waals surface area contributed by atoms with Crippen molar-refractivity contribution in [3.63, 3.8) is 0 Å². The smallest absolute Gasteiger partial charge is 0.171 e. The Kier molecular flexibility index (Phi) is 4.53. The summed E-state index contributed by atoms with van der Waals surface area (Å²) in [7, 11) is 1.70. The van der Waals surface area contributed by atoms with Crippen LogP contribution in [0.25, 0.3) is 0 Å². The number of thiocarbonyl (C=S) groups is 1. The zero-order chi connectivity index (χ0) is 15.4. The molecule has 22 heavy (non-hydrogen) atoms. The molecule has 1 aromatic heterocycles. The summed E-state index contributed by atoms with van der Waals surface area (Å²) in [5.41, 5.74) is 3.54. The van der Waals surface area contributed by atoms with Gasteiger partial charge in [-0.05, 0) is 66.9 Å². The Morgan fingerprint density at radius 1 is 1.36 bits per heavy atom. The number of nitrogens with one attached hydrogen (secondary N) is 2. The summed E-state index contributed by atoms with van der Waals surface area (Å²) in [5.74, 6) is 0.912. The van der Waals surface area contributed by atoms with E-state index in [2.05, 4.69) is 27.8 Å². The molecular formula is C17H19N3OS. The first-order chi connectivity index (χ1) is 10.8. The molecule has 0 amide bonds. The molecule has 0 radical (unpaired) electrons. The lowest BCUT2D eigenvalue weighted by atomic mass is 9.87. The van der Waals surface area contributed by atoms with Gasteiger partial charge in [-0.15, -0.1) is 0 Å². The Labute approximate surface area is 135 Å². The zero-order valence-corrected chi connectivity index (χ0v) is 13.3. The predicted molar refractivity (Wildman–Crippen MR) is 92.3 cm³/mol. The van der Waals surface area contributed by atoms with Crippen LogP contribution in [0.3, 0.4) is 0 Å². The van der Waals surface area contributed by atoms with Crippen LogP contribution in [0.2, 0.25) is 0 Å². The Bertz CT molecular complexity index is 660. The number of nitrogens with zero attached hydrogens (tertiary/aromatic N) is 1. The second-order valence-corrected chi connectivity index (χ2v) is 5.76. The molecule has 1 unspecified atom stereocenters. The third kappa shape index (κ3) is 3.36. The van der Waals surface area contributed by atoms with Gasteiger partial charge < -0.3 is 15.4 Å². The van der Waals surface area contributed by atoms with Crippen LogP contribution in [0, 0.1) is 0 Å². The predicted octanol–water partition coefficient (Wildman–Crippen LogP) is 3.45. The van der Waals surface area contributed by atoms with Crippen LogP contribution in [0.15, 0.2) is 42.7 Å². The summed E-state index contributed by atoms with van der Waals surface area (Å²) in [6, 6.07) is 10.3. The maximum Gasteiger partial charge on any atom is 0.171 e. The van der Waals surface area contributed by atoms with E-state index in [1.54, 1.807) is 19.5 Å². The van der Waals surface area contributed by atoms with E-state index in [1.165, 1.54) is 11.1 Å². The van der Waals surface area contributed by atoms with Gasteiger partial charge in [0.2, 0.25) is 0 Å². The summed E-state index contributed by atoms with van der Waals surface area (Å²) < 4.78 is 5.31. The van der Waals surface area contributed by atoms with Crippen LogP contribution in [-0.2, 0) is 6.42 Å². The van der Waals surface area contributed by atoms with Crippen molar-refractivity contribution in [2.45, 2.75) is 25.3 Å². The molecule has 0 bridgehead atoms. The SMILES string of the molecule is COc1ccc2c(c1)CCCC2NC(=S)Nc1cccnc1. The molecule has 0 spiro atoms. The number of hydrogen-bond acceptors (Lipinski definition) is 3. The van der Waals surface area contributed by atoms with Crippen molar-refractivity contribution in [1.82, 2.24) is 10.3 Å². The lowest BCUT2D eigenvalue weighted by molar-refractivity contribution is 0.412. The second-order valence-electron chi connectivity index (χ2n) is 5.35. The van der Waals surface area contributed by atoms with Gasteiger partial charge in [-0.25, -0.2) is 0 Å². The fourth-order valence-corrected chi connectivity index (χ4v) is 3.09. The monoisotopic (exact) mass is 313 g/mol. The Hall–Kier alpha value is -2.14. The molecule has 1 aliphatic carbocycles. The fourth-order valence-electron chi connectivity index (χ4n) is 2.83. The maximum atomic E-state index is 5.42. The first-order valence-electron chi connectivity index (χ1n) is 7.40. The molecule has 114 valence electrons. The number of aromatic nitrogens is 1. The number of aryl methyl sites for hydroxylation is 1. The van der Waals surface area contributed by atoms with E-state index in [9.17, 15) is 0 Å². The van der Waals surface area contributed by atoms with Gasteiger partial charge in [-0.3, -0.25) is 4.98 Å². The number of anilines is 1. The van der Waals surface area contributed by atoms with Crippen LogP contribution >= 0.6 is 12.2 Å². The highest BCUT2D eigenvalue weighted by atomic mass is 32.1. The summed E-state index contributed by atoms with van der Waals surface area (Å²) in [4.78, 5) is 4.08. The van der Waals surface area contributed by atoms with Crippen molar-refractivity contribution in [2.24, 2.45) is 0 Å². The van der Waals surface area contributed by atoms with E-state index in [0.29, 0.717) is 5.11 Å². The van der Waals surface area contributed by atoms with Crippen molar-refractivity contribution in [2.75, 3.05) is 12.4 Å². The number of rotatable bonds is 3. The number of pyridine rings is 1. The number of methoxy groups -OCH3 is 1. The van der Waals surface area contributed by atoms with E-state index in [1.807, 2.05) is 18.2 Å². The van der Waals surface area contributed by atoms with E-state index in [-0.39, 0.29) is 6.04 Å².